The summed E-state index contributed by atoms with van der Waals surface area (Å²) in [7, 11) is 0. The van der Waals surface area contributed by atoms with Crippen molar-refractivity contribution < 1.29 is 38.9 Å². The van der Waals surface area contributed by atoms with Gasteiger partial charge in [-0.25, -0.2) is 14.6 Å². The summed E-state index contributed by atoms with van der Waals surface area (Å²) in [5.41, 5.74) is 5.78. The smallest absolute Gasteiger partial charge is 0.326 e. The van der Waals surface area contributed by atoms with E-state index in [9.17, 15) is 34.2 Å². The number of carboxylic acid groups (broad SMARTS) is 2. The van der Waals surface area contributed by atoms with E-state index in [4.69, 9.17) is 10.5 Å². The third-order valence-corrected chi connectivity index (χ3v) is 7.85. The van der Waals surface area contributed by atoms with Crippen molar-refractivity contribution in [1.82, 2.24) is 20.5 Å². The summed E-state index contributed by atoms with van der Waals surface area (Å²) in [4.78, 5) is 68.7. The van der Waals surface area contributed by atoms with Gasteiger partial charge in [-0.2, -0.15) is 0 Å². The maximum Gasteiger partial charge on any atom is 0.326 e. The number of aromatic nitrogens is 1. The van der Waals surface area contributed by atoms with Crippen LogP contribution in [0.15, 0.2) is 18.3 Å². The first-order valence-electron chi connectivity index (χ1n) is 14.7. The molecule has 6 N–H and O–H groups in total. The minimum atomic E-state index is -1.41. The van der Waals surface area contributed by atoms with E-state index in [1.54, 1.807) is 6.07 Å². The van der Waals surface area contributed by atoms with E-state index >= 15 is 0 Å². The van der Waals surface area contributed by atoms with Crippen LogP contribution in [-0.2, 0) is 19.2 Å². The van der Waals surface area contributed by atoms with Gasteiger partial charge in [0, 0.05) is 24.7 Å². The van der Waals surface area contributed by atoms with Crippen LogP contribution < -0.4 is 21.1 Å². The predicted molar refractivity (Wildman–Crippen MR) is 152 cm³/mol. The van der Waals surface area contributed by atoms with Crippen molar-refractivity contribution in [3.05, 3.63) is 23.9 Å². The van der Waals surface area contributed by atoms with Gasteiger partial charge in [-0.3, -0.25) is 14.4 Å². The molecule has 0 aromatic carbocycles. The van der Waals surface area contributed by atoms with Gasteiger partial charge >= 0.3 is 11.9 Å². The minimum absolute atomic E-state index is 0.0941. The fraction of sp³-hybridized carbons (Fsp3) is 0.655. The van der Waals surface area contributed by atoms with Crippen LogP contribution in [0, 0.1) is 5.92 Å². The molecular formula is C29H43N5O8. The number of carboxylic acids is 2. The zero-order valence-electron chi connectivity index (χ0n) is 24.3. The zero-order valence-corrected chi connectivity index (χ0v) is 24.3. The van der Waals surface area contributed by atoms with Crippen molar-refractivity contribution in [2.45, 2.75) is 108 Å². The van der Waals surface area contributed by atoms with E-state index in [1.807, 2.05) is 13.8 Å². The number of ether oxygens (including phenoxy) is 1. The highest BCUT2D eigenvalue weighted by molar-refractivity contribution is 5.98. The summed E-state index contributed by atoms with van der Waals surface area (Å²) in [5, 5.41) is 24.6. The van der Waals surface area contributed by atoms with E-state index in [2.05, 4.69) is 15.6 Å². The fourth-order valence-electron chi connectivity index (χ4n) is 5.79. The molecule has 1 aliphatic heterocycles. The molecule has 1 aromatic rings. The number of carbonyl (C=O) groups excluding carboxylic acids is 3. The van der Waals surface area contributed by atoms with E-state index in [0.29, 0.717) is 31.7 Å². The zero-order chi connectivity index (χ0) is 30.8. The van der Waals surface area contributed by atoms with Gasteiger partial charge in [0.2, 0.25) is 17.7 Å². The maximum atomic E-state index is 13.2. The highest BCUT2D eigenvalue weighted by atomic mass is 16.5. The lowest BCUT2D eigenvalue weighted by Gasteiger charge is -2.33. The molecule has 1 aromatic heterocycles. The number of likely N-dealkylation sites (tertiary alicyclic amines) is 1. The largest absolute Gasteiger partial charge is 0.480 e. The molecule has 5 atom stereocenters. The first kappa shape index (κ1) is 32.8. The second-order valence-electron chi connectivity index (χ2n) is 11.3. The summed E-state index contributed by atoms with van der Waals surface area (Å²) in [6, 6.07) is -0.483. The fourth-order valence-corrected chi connectivity index (χ4v) is 5.79. The lowest BCUT2D eigenvalue weighted by Crippen LogP contribution is -2.52. The van der Waals surface area contributed by atoms with Gasteiger partial charge in [0.05, 0.1) is 11.7 Å². The van der Waals surface area contributed by atoms with E-state index < -0.39 is 47.8 Å². The van der Waals surface area contributed by atoms with Gasteiger partial charge in [0.15, 0.2) is 0 Å². The summed E-state index contributed by atoms with van der Waals surface area (Å²) in [6.45, 7) is 4.08. The van der Waals surface area contributed by atoms with Gasteiger partial charge in [-0.05, 0) is 77.3 Å². The van der Waals surface area contributed by atoms with Gasteiger partial charge in [-0.15, -0.1) is 0 Å². The second-order valence-corrected chi connectivity index (χ2v) is 11.3. The second kappa shape index (κ2) is 15.5. The number of nitrogens with one attached hydrogen (secondary N) is 2. The molecule has 42 heavy (non-hydrogen) atoms. The lowest BCUT2D eigenvalue weighted by atomic mass is 9.84. The molecule has 0 bridgehead atoms. The topological polar surface area (TPSA) is 201 Å². The Kier molecular flexibility index (Phi) is 12.1. The number of hydrogen-bond donors (Lipinski definition) is 5. The molecule has 0 spiro atoms. The van der Waals surface area contributed by atoms with Crippen LogP contribution in [0.25, 0.3) is 0 Å². The van der Waals surface area contributed by atoms with Crippen LogP contribution in [0.3, 0.4) is 0 Å². The number of unbranched alkanes of at least 4 members (excludes halogenated alkanes) is 1. The SMILES string of the molecule is CC(C)Oc1ccc(C(=O)N[C@@H](CCCCN)C(=O)N[C@H](CCC(=O)N2[C@H](C(=O)O)C[C@@H]3CCCC[C@@H]32)C(=O)O)cn1. The molecule has 232 valence electrons. The number of amides is 3. The van der Waals surface area contributed by atoms with Gasteiger partial charge in [-0.1, -0.05) is 12.8 Å². The standard InChI is InChI=1S/C29H43N5O8/c1-17(2)42-24-12-10-19(16-31-24)26(36)32-20(8-5-6-14-30)27(37)33-21(28(38)39)11-13-25(35)34-22-9-4-3-7-18(22)15-23(34)29(40)41/h10,12,16-18,20-23H,3-9,11,13-15,30H2,1-2H3,(H,32,36)(H,33,37)(H,38,39)(H,40,41)/t18-,20-,21+,22-,23-/m0/s1. The Bertz CT molecular complexity index is 1110. The minimum Gasteiger partial charge on any atom is -0.480 e. The number of aliphatic carboxylic acids is 2. The molecule has 1 saturated carbocycles. The molecule has 2 heterocycles. The van der Waals surface area contributed by atoms with Gasteiger partial charge in [0.1, 0.15) is 18.1 Å². The van der Waals surface area contributed by atoms with Crippen molar-refractivity contribution in [3.8, 4) is 5.88 Å². The van der Waals surface area contributed by atoms with Crippen molar-refractivity contribution >= 4 is 29.7 Å². The average molecular weight is 590 g/mol. The Morgan fingerprint density at radius 3 is 2.40 bits per heavy atom. The molecule has 1 aliphatic carbocycles. The molecule has 13 nitrogen and oxygen atoms in total. The number of pyridine rings is 1. The van der Waals surface area contributed by atoms with Crippen LogP contribution >= 0.6 is 0 Å². The highest BCUT2D eigenvalue weighted by Gasteiger charge is 2.47. The molecular weight excluding hydrogens is 546 g/mol. The first-order valence-corrected chi connectivity index (χ1v) is 14.7. The quantitative estimate of drug-likeness (QED) is 0.187. The Labute approximate surface area is 245 Å². The van der Waals surface area contributed by atoms with Crippen molar-refractivity contribution in [2.24, 2.45) is 11.7 Å². The van der Waals surface area contributed by atoms with E-state index in [0.717, 1.165) is 25.7 Å². The lowest BCUT2D eigenvalue weighted by molar-refractivity contribution is -0.150. The van der Waals surface area contributed by atoms with Crippen LogP contribution in [0.2, 0.25) is 0 Å². The molecule has 0 unspecified atom stereocenters. The normalized spacial score (nSPS) is 21.2. The van der Waals surface area contributed by atoms with Crippen LogP contribution in [0.4, 0.5) is 0 Å². The first-order chi connectivity index (χ1) is 20.0. The van der Waals surface area contributed by atoms with E-state index in [-0.39, 0.29) is 42.9 Å². The number of carbonyl (C=O) groups is 5. The van der Waals surface area contributed by atoms with Gasteiger partial charge < -0.3 is 36.2 Å². The average Bonchev–Trinajstić information content (AvgIpc) is 3.34. The van der Waals surface area contributed by atoms with Crippen LogP contribution in [0.1, 0.15) is 88.4 Å². The Morgan fingerprint density at radius 2 is 1.79 bits per heavy atom. The van der Waals surface area contributed by atoms with Crippen LogP contribution in [-0.4, -0.2) is 86.6 Å². The highest BCUT2D eigenvalue weighted by Crippen LogP contribution is 2.40. The molecule has 3 amide bonds. The third kappa shape index (κ3) is 8.88. The summed E-state index contributed by atoms with van der Waals surface area (Å²) < 4.78 is 5.49. The molecule has 0 radical (unpaired) electrons. The molecule has 3 rings (SSSR count). The number of nitrogens with zero attached hydrogens (tertiary/aromatic N) is 2. The molecule has 2 fully saturated rings. The Hall–Kier alpha value is -3.74. The van der Waals surface area contributed by atoms with Crippen molar-refractivity contribution in [2.75, 3.05) is 6.54 Å². The number of nitrogens with two attached hydrogens (primary N) is 1. The predicted octanol–water partition coefficient (Wildman–Crippen LogP) is 1.69. The van der Waals surface area contributed by atoms with Gasteiger partial charge in [0.25, 0.3) is 5.91 Å². The van der Waals surface area contributed by atoms with Crippen molar-refractivity contribution in [3.63, 3.8) is 0 Å². The van der Waals surface area contributed by atoms with Crippen LogP contribution in [0.5, 0.6) is 5.88 Å². The molecule has 2 aliphatic rings. The summed E-state index contributed by atoms with van der Waals surface area (Å²) in [6.07, 6.45) is 6.03. The molecule has 1 saturated heterocycles. The number of rotatable bonds is 15. The maximum absolute atomic E-state index is 13.2. The molecule has 13 heteroatoms. The Morgan fingerprint density at radius 1 is 1.05 bits per heavy atom. The van der Waals surface area contributed by atoms with Crippen molar-refractivity contribution in [1.29, 1.82) is 0 Å². The monoisotopic (exact) mass is 589 g/mol. The number of fused-ring (bicyclic) bond motifs is 1. The Balaban J connectivity index is 1.64. The summed E-state index contributed by atoms with van der Waals surface area (Å²) >= 11 is 0. The number of hydrogen-bond acceptors (Lipinski definition) is 8. The van der Waals surface area contributed by atoms with E-state index in [1.165, 1.54) is 17.2 Å². The summed E-state index contributed by atoms with van der Waals surface area (Å²) in [5.74, 6) is -3.61. The third-order valence-electron chi connectivity index (χ3n) is 7.85.